The number of aliphatic hydroxyl groups excluding tert-OH is 1. The van der Waals surface area contributed by atoms with Gasteiger partial charge >= 0.3 is 0 Å². The summed E-state index contributed by atoms with van der Waals surface area (Å²) in [4.78, 5) is 12.9. The van der Waals surface area contributed by atoms with Crippen LogP contribution < -0.4 is 15.6 Å². The minimum atomic E-state index is -2.36. The fourth-order valence-corrected chi connectivity index (χ4v) is 3.25. The van der Waals surface area contributed by atoms with Gasteiger partial charge in [-0.3, -0.25) is 14.3 Å². The zero-order chi connectivity index (χ0) is 23.1. The summed E-state index contributed by atoms with van der Waals surface area (Å²) < 4.78 is 24.9. The van der Waals surface area contributed by atoms with Gasteiger partial charge in [0, 0.05) is 41.2 Å². The molecule has 0 saturated carbocycles. The largest absolute Gasteiger partial charge is 0.760 e. The van der Waals surface area contributed by atoms with E-state index in [1.807, 2.05) is 24.6 Å². The molecule has 0 aliphatic carbocycles. The van der Waals surface area contributed by atoms with Crippen molar-refractivity contribution in [1.82, 2.24) is 19.5 Å². The van der Waals surface area contributed by atoms with Crippen LogP contribution in [0.15, 0.2) is 12.4 Å². The number of ether oxygens (including phenoxy) is 1. The summed E-state index contributed by atoms with van der Waals surface area (Å²) in [6.07, 6.45) is 4.00. The highest BCUT2D eigenvalue weighted by molar-refractivity contribution is 7.76. The van der Waals surface area contributed by atoms with Crippen molar-refractivity contribution in [3.63, 3.8) is 0 Å². The minimum absolute atomic E-state index is 0.00486. The van der Waals surface area contributed by atoms with E-state index in [4.69, 9.17) is 35.9 Å². The van der Waals surface area contributed by atoms with Crippen molar-refractivity contribution in [2.75, 3.05) is 19.5 Å². The van der Waals surface area contributed by atoms with Crippen LogP contribution in [0.5, 0.6) is 5.75 Å². The second kappa shape index (κ2) is 11.0. The van der Waals surface area contributed by atoms with Crippen molar-refractivity contribution >= 4 is 39.8 Å². The Morgan fingerprint density at radius 3 is 2.68 bits per heavy atom. The topological polar surface area (TPSA) is 165 Å². The number of aliphatic hydroxyl groups is 1. The summed E-state index contributed by atoms with van der Waals surface area (Å²) in [5, 5.41) is 13.9. The maximum atomic E-state index is 8.96. The molecule has 0 spiro atoms. The van der Waals surface area contributed by atoms with Gasteiger partial charge < -0.3 is 24.7 Å². The summed E-state index contributed by atoms with van der Waals surface area (Å²) in [7, 11) is 1.65. The molecule has 3 aromatic rings. The normalized spacial score (nSPS) is 11.3. The van der Waals surface area contributed by atoms with Gasteiger partial charge in [0.2, 0.25) is 5.95 Å². The van der Waals surface area contributed by atoms with Crippen LogP contribution in [0.25, 0.3) is 11.0 Å². The highest BCUT2D eigenvalue weighted by Gasteiger charge is 2.17. The quantitative estimate of drug-likeness (QED) is 0.293. The maximum Gasteiger partial charge on any atom is 0.223 e. The molecule has 10 nitrogen and oxygen atoms in total. The summed E-state index contributed by atoms with van der Waals surface area (Å²) in [5.41, 5.74) is 9.83. The Bertz CT molecular complexity index is 1170. The van der Waals surface area contributed by atoms with Gasteiger partial charge in [-0.05, 0) is 13.8 Å². The number of hydrogen-bond donors (Lipinski definition) is 3. The maximum absolute atomic E-state index is 8.96. The molecule has 0 saturated heterocycles. The fourth-order valence-electron chi connectivity index (χ4n) is 2.98. The van der Waals surface area contributed by atoms with Crippen molar-refractivity contribution in [3.8, 4) is 17.6 Å². The lowest BCUT2D eigenvalue weighted by Crippen LogP contribution is -2.07. The predicted molar refractivity (Wildman–Crippen MR) is 118 cm³/mol. The van der Waals surface area contributed by atoms with Crippen molar-refractivity contribution in [2.24, 2.45) is 5.14 Å². The Hall–Kier alpha value is -2.75. The first-order valence-corrected chi connectivity index (χ1v) is 10.5. The number of nitrogen functional groups attached to an aromatic ring is 1. The molecule has 3 heterocycles. The van der Waals surface area contributed by atoms with Crippen LogP contribution in [0.1, 0.15) is 28.8 Å². The molecule has 0 aliphatic heterocycles. The van der Waals surface area contributed by atoms with Gasteiger partial charge in [0.15, 0.2) is 0 Å². The van der Waals surface area contributed by atoms with E-state index in [1.54, 1.807) is 13.3 Å². The third kappa shape index (κ3) is 6.13. The van der Waals surface area contributed by atoms with Gasteiger partial charge in [-0.25, -0.2) is 4.98 Å². The summed E-state index contributed by atoms with van der Waals surface area (Å²) in [6, 6.07) is 0. The van der Waals surface area contributed by atoms with Gasteiger partial charge in [0.1, 0.15) is 16.5 Å². The lowest BCUT2D eigenvalue weighted by Gasteiger charge is -2.13. The molecule has 0 aliphatic rings. The number of aromatic nitrogens is 4. The first kappa shape index (κ1) is 24.5. The fraction of sp³-hybridized carbons (Fsp3) is 0.316. The van der Waals surface area contributed by atoms with E-state index in [1.165, 1.54) is 0 Å². The lowest BCUT2D eigenvalue weighted by atomic mass is 10.1. The van der Waals surface area contributed by atoms with Crippen molar-refractivity contribution in [3.05, 3.63) is 39.9 Å². The summed E-state index contributed by atoms with van der Waals surface area (Å²) in [6.45, 7) is 4.37. The van der Waals surface area contributed by atoms with Crippen molar-refractivity contribution in [1.29, 1.82) is 0 Å². The first-order chi connectivity index (χ1) is 14.7. The molecule has 12 heteroatoms. The monoisotopic (exact) mass is 465 g/mol. The zero-order valence-electron chi connectivity index (χ0n) is 17.2. The van der Waals surface area contributed by atoms with E-state index >= 15 is 0 Å². The van der Waals surface area contributed by atoms with Crippen LogP contribution >= 0.6 is 11.6 Å². The molecule has 5 N–H and O–H groups in total. The number of halogens is 1. The van der Waals surface area contributed by atoms with Gasteiger partial charge in [-0.1, -0.05) is 23.4 Å². The summed E-state index contributed by atoms with van der Waals surface area (Å²) in [5.74, 6) is 6.83. The average molecular weight is 466 g/mol. The molecule has 3 rings (SSSR count). The zero-order valence-corrected chi connectivity index (χ0v) is 18.8. The Morgan fingerprint density at radius 2 is 2.06 bits per heavy atom. The molecular weight excluding hydrogens is 444 g/mol. The molecule has 0 fully saturated rings. The Balaban J connectivity index is 0.000000785. The smallest absolute Gasteiger partial charge is 0.223 e. The van der Waals surface area contributed by atoms with E-state index < -0.39 is 11.3 Å². The van der Waals surface area contributed by atoms with E-state index in [-0.39, 0.29) is 17.7 Å². The van der Waals surface area contributed by atoms with E-state index in [0.717, 1.165) is 22.6 Å². The number of pyridine rings is 1. The number of aryl methyl sites for hydroxylation is 1. The summed E-state index contributed by atoms with van der Waals surface area (Å²) >= 11 is 3.94. The molecule has 3 aromatic heterocycles. The van der Waals surface area contributed by atoms with Crippen LogP contribution in [0, 0.1) is 25.7 Å². The van der Waals surface area contributed by atoms with Crippen molar-refractivity contribution < 1.29 is 18.6 Å². The van der Waals surface area contributed by atoms with Crippen molar-refractivity contribution in [2.45, 2.75) is 26.8 Å². The molecule has 0 amide bonds. The van der Waals surface area contributed by atoms with Crippen LogP contribution in [-0.2, 0) is 17.8 Å². The average Bonchev–Trinajstić information content (AvgIpc) is 3.02. The molecule has 0 radical (unpaired) electrons. The third-order valence-corrected chi connectivity index (χ3v) is 4.49. The van der Waals surface area contributed by atoms with Crippen LogP contribution in [0.3, 0.4) is 0 Å². The van der Waals surface area contributed by atoms with Gasteiger partial charge in [0.25, 0.3) is 0 Å². The molecule has 0 aromatic carbocycles. The second-order valence-electron chi connectivity index (χ2n) is 6.32. The molecule has 31 heavy (non-hydrogen) atoms. The van der Waals surface area contributed by atoms with E-state index in [2.05, 4.69) is 31.9 Å². The van der Waals surface area contributed by atoms with Crippen LogP contribution in [0.2, 0.25) is 5.15 Å². The van der Waals surface area contributed by atoms with Crippen LogP contribution in [-0.4, -0.2) is 47.1 Å². The number of nitrogens with zero attached hydrogens (tertiary/aromatic N) is 4. The third-order valence-electron chi connectivity index (χ3n) is 4.22. The Morgan fingerprint density at radius 1 is 1.39 bits per heavy atom. The van der Waals surface area contributed by atoms with Gasteiger partial charge in [-0.2, -0.15) is 4.98 Å². The molecule has 1 unspecified atom stereocenters. The Labute approximate surface area is 187 Å². The first-order valence-electron chi connectivity index (χ1n) is 8.93. The molecular formula is C19H22ClN6O4S-. The number of fused-ring (bicyclic) bond motifs is 1. The number of anilines is 1. The standard InChI is InChI=1S/C19H20ClN5O2.H3NO2S/c1-11-8-22-14(12(2)16(11)27-3)10-25-9-13(6-4-5-7-26)15-17(20)23-19(21)24-18(15)25;1-4(2)3/h8-9,26H,5,7,10H2,1-3H3,(H2,21,23,24);1H2,(H,2,3)/p-1. The minimum Gasteiger partial charge on any atom is -0.760 e. The van der Waals surface area contributed by atoms with Crippen LogP contribution in [0.4, 0.5) is 5.95 Å². The molecule has 0 bridgehead atoms. The van der Waals surface area contributed by atoms with Gasteiger partial charge in [0.05, 0.1) is 36.9 Å². The SMILES string of the molecule is COc1c(C)cnc(Cn2cc(C#CCCO)c3c(Cl)nc(N)nc32)c1C.NS(=O)[O-]. The number of nitrogens with two attached hydrogens (primary N) is 2. The number of rotatable bonds is 4. The highest BCUT2D eigenvalue weighted by Crippen LogP contribution is 2.29. The molecule has 1 atom stereocenters. The number of methoxy groups -OCH3 is 1. The highest BCUT2D eigenvalue weighted by atomic mass is 35.5. The van der Waals surface area contributed by atoms with E-state index in [0.29, 0.717) is 29.6 Å². The predicted octanol–water partition coefficient (Wildman–Crippen LogP) is 1.21. The molecule has 166 valence electrons. The van der Waals surface area contributed by atoms with E-state index in [9.17, 15) is 0 Å². The Kier molecular flexibility index (Phi) is 8.73. The van der Waals surface area contributed by atoms with Gasteiger partial charge in [-0.15, -0.1) is 0 Å². The number of hydrogen-bond acceptors (Lipinski definition) is 8. The second-order valence-corrected chi connectivity index (χ2v) is 7.20. The lowest BCUT2D eigenvalue weighted by molar-refractivity contribution is 0.305.